The second-order valence-electron chi connectivity index (χ2n) is 6.04. The molecule has 0 aliphatic heterocycles. The van der Waals surface area contributed by atoms with E-state index in [0.29, 0.717) is 5.56 Å². The first kappa shape index (κ1) is 18.4. The van der Waals surface area contributed by atoms with E-state index in [1.54, 1.807) is 39.1 Å². The standard InChI is InChI=1S/C15H21N3O5/c1-9-5-4-6-18(12(9)20)8-15(2,3)14(23)17-10(13(21)22)7-11(16)19/h4-6,10H,7-8H2,1-3H3,(H2,16,19)(H,17,23)(H,21,22). The molecular weight excluding hydrogens is 302 g/mol. The average Bonchev–Trinajstić information content (AvgIpc) is 2.42. The highest BCUT2D eigenvalue weighted by molar-refractivity contribution is 5.90. The third-order valence-corrected chi connectivity index (χ3v) is 3.40. The molecule has 1 aromatic rings. The Morgan fingerprint density at radius 1 is 1.39 bits per heavy atom. The fourth-order valence-corrected chi connectivity index (χ4v) is 2.03. The number of nitrogens with one attached hydrogen (secondary N) is 1. The highest BCUT2D eigenvalue weighted by Crippen LogP contribution is 2.18. The van der Waals surface area contributed by atoms with Crippen LogP contribution < -0.4 is 16.6 Å². The maximum Gasteiger partial charge on any atom is 0.326 e. The van der Waals surface area contributed by atoms with Crippen molar-refractivity contribution in [1.29, 1.82) is 0 Å². The lowest BCUT2D eigenvalue weighted by atomic mass is 9.91. The lowest BCUT2D eigenvalue weighted by Gasteiger charge is -2.26. The van der Waals surface area contributed by atoms with Gasteiger partial charge in [0.05, 0.1) is 11.8 Å². The Morgan fingerprint density at radius 3 is 2.52 bits per heavy atom. The third-order valence-electron chi connectivity index (χ3n) is 3.40. The Kier molecular flexibility index (Phi) is 5.67. The number of aromatic nitrogens is 1. The van der Waals surface area contributed by atoms with Crippen LogP contribution in [0.2, 0.25) is 0 Å². The zero-order valence-corrected chi connectivity index (χ0v) is 13.3. The third kappa shape index (κ3) is 4.94. The van der Waals surface area contributed by atoms with Crippen molar-refractivity contribution < 1.29 is 19.5 Å². The molecule has 8 heteroatoms. The largest absolute Gasteiger partial charge is 0.480 e. The van der Waals surface area contributed by atoms with E-state index in [1.807, 2.05) is 0 Å². The van der Waals surface area contributed by atoms with Crippen LogP contribution in [0.1, 0.15) is 25.8 Å². The normalized spacial score (nSPS) is 12.5. The van der Waals surface area contributed by atoms with Crippen molar-refractivity contribution in [1.82, 2.24) is 9.88 Å². The van der Waals surface area contributed by atoms with E-state index >= 15 is 0 Å². The summed E-state index contributed by atoms with van der Waals surface area (Å²) in [6.45, 7) is 4.90. The van der Waals surface area contributed by atoms with Crippen LogP contribution in [-0.2, 0) is 20.9 Å². The molecule has 1 atom stereocenters. The lowest BCUT2D eigenvalue weighted by molar-refractivity contribution is -0.145. The number of primary amides is 1. The smallest absolute Gasteiger partial charge is 0.326 e. The molecule has 0 saturated carbocycles. The maximum absolute atomic E-state index is 12.3. The van der Waals surface area contributed by atoms with E-state index in [2.05, 4.69) is 5.32 Å². The topological polar surface area (TPSA) is 131 Å². The summed E-state index contributed by atoms with van der Waals surface area (Å²) in [5, 5.41) is 11.3. The number of nitrogens with zero attached hydrogens (tertiary/aromatic N) is 1. The van der Waals surface area contributed by atoms with Crippen LogP contribution in [-0.4, -0.2) is 33.5 Å². The molecule has 8 nitrogen and oxygen atoms in total. The summed E-state index contributed by atoms with van der Waals surface area (Å²) >= 11 is 0. The Bertz CT molecular complexity index is 678. The molecule has 0 aliphatic rings. The zero-order valence-electron chi connectivity index (χ0n) is 13.3. The van der Waals surface area contributed by atoms with Crippen LogP contribution in [0.25, 0.3) is 0 Å². The van der Waals surface area contributed by atoms with Crippen molar-refractivity contribution in [3.8, 4) is 0 Å². The summed E-state index contributed by atoms with van der Waals surface area (Å²) in [5.74, 6) is -2.76. The monoisotopic (exact) mass is 323 g/mol. The minimum Gasteiger partial charge on any atom is -0.480 e. The molecule has 0 bridgehead atoms. The lowest BCUT2D eigenvalue weighted by Crippen LogP contribution is -2.49. The molecule has 0 spiro atoms. The number of carbonyl (C=O) groups excluding carboxylic acids is 2. The summed E-state index contributed by atoms with van der Waals surface area (Å²) in [4.78, 5) is 46.3. The number of aryl methyl sites for hydroxylation is 1. The average molecular weight is 323 g/mol. The van der Waals surface area contributed by atoms with Crippen molar-refractivity contribution in [3.05, 3.63) is 34.2 Å². The van der Waals surface area contributed by atoms with Crippen LogP contribution in [0.3, 0.4) is 0 Å². The fraction of sp³-hybridized carbons (Fsp3) is 0.467. The van der Waals surface area contributed by atoms with Crippen LogP contribution in [0.15, 0.2) is 23.1 Å². The molecule has 2 amide bonds. The van der Waals surface area contributed by atoms with Gasteiger partial charge in [-0.25, -0.2) is 4.79 Å². The van der Waals surface area contributed by atoms with Crippen LogP contribution >= 0.6 is 0 Å². The van der Waals surface area contributed by atoms with Gasteiger partial charge in [-0.1, -0.05) is 6.07 Å². The van der Waals surface area contributed by atoms with Gasteiger partial charge in [0.15, 0.2) is 0 Å². The molecule has 0 radical (unpaired) electrons. The number of carboxylic acids is 1. The Hall–Kier alpha value is -2.64. The first-order chi connectivity index (χ1) is 10.5. The number of hydrogen-bond acceptors (Lipinski definition) is 4. The molecular formula is C15H21N3O5. The highest BCUT2D eigenvalue weighted by Gasteiger charge is 2.32. The molecule has 0 aliphatic carbocycles. The molecule has 1 rings (SSSR count). The molecule has 23 heavy (non-hydrogen) atoms. The van der Waals surface area contributed by atoms with E-state index < -0.39 is 35.7 Å². The predicted octanol–water partition coefficient (Wildman–Crippen LogP) is -0.372. The van der Waals surface area contributed by atoms with Crippen LogP contribution in [0.4, 0.5) is 0 Å². The molecule has 1 unspecified atom stereocenters. The van der Waals surface area contributed by atoms with Gasteiger partial charge in [0, 0.05) is 18.3 Å². The second-order valence-corrected chi connectivity index (χ2v) is 6.04. The van der Waals surface area contributed by atoms with Gasteiger partial charge in [-0.05, 0) is 26.8 Å². The number of carboxylic acid groups (broad SMARTS) is 1. The number of pyridine rings is 1. The van der Waals surface area contributed by atoms with Gasteiger partial charge in [-0.2, -0.15) is 0 Å². The molecule has 1 aromatic heterocycles. The van der Waals surface area contributed by atoms with Gasteiger partial charge in [0.25, 0.3) is 5.56 Å². The highest BCUT2D eigenvalue weighted by atomic mass is 16.4. The minimum absolute atomic E-state index is 0.0717. The molecule has 0 aromatic carbocycles. The Balaban J connectivity index is 2.91. The minimum atomic E-state index is -1.39. The first-order valence-corrected chi connectivity index (χ1v) is 7.02. The number of rotatable bonds is 7. The first-order valence-electron chi connectivity index (χ1n) is 7.02. The summed E-state index contributed by atoms with van der Waals surface area (Å²) in [6.07, 6.45) is 1.06. The second kappa shape index (κ2) is 7.08. The molecule has 0 saturated heterocycles. The molecule has 4 N–H and O–H groups in total. The quantitative estimate of drug-likeness (QED) is 0.630. The summed E-state index contributed by atoms with van der Waals surface area (Å²) in [5.41, 5.74) is 4.24. The van der Waals surface area contributed by atoms with Gasteiger partial charge in [0.2, 0.25) is 11.8 Å². The Morgan fingerprint density at radius 2 is 2.00 bits per heavy atom. The van der Waals surface area contributed by atoms with Gasteiger partial charge in [-0.3, -0.25) is 14.4 Å². The molecule has 1 heterocycles. The zero-order chi connectivity index (χ0) is 17.8. The van der Waals surface area contributed by atoms with E-state index in [1.165, 1.54) is 4.57 Å². The fourth-order valence-electron chi connectivity index (χ4n) is 2.03. The van der Waals surface area contributed by atoms with Gasteiger partial charge in [0.1, 0.15) is 6.04 Å². The number of carbonyl (C=O) groups is 3. The number of hydrogen-bond donors (Lipinski definition) is 3. The van der Waals surface area contributed by atoms with Gasteiger partial charge < -0.3 is 20.7 Å². The van der Waals surface area contributed by atoms with Crippen molar-refractivity contribution in [2.75, 3.05) is 0 Å². The molecule has 0 fully saturated rings. The van der Waals surface area contributed by atoms with E-state index in [-0.39, 0.29) is 12.1 Å². The van der Waals surface area contributed by atoms with Crippen LogP contribution in [0, 0.1) is 12.3 Å². The van der Waals surface area contributed by atoms with Gasteiger partial charge in [-0.15, -0.1) is 0 Å². The number of aliphatic carboxylic acids is 1. The van der Waals surface area contributed by atoms with Crippen molar-refractivity contribution >= 4 is 17.8 Å². The van der Waals surface area contributed by atoms with Crippen LogP contribution in [0.5, 0.6) is 0 Å². The summed E-state index contributed by atoms with van der Waals surface area (Å²) in [6, 6.07) is 1.96. The van der Waals surface area contributed by atoms with Crippen molar-refractivity contribution in [2.24, 2.45) is 11.1 Å². The van der Waals surface area contributed by atoms with E-state index in [4.69, 9.17) is 10.8 Å². The van der Waals surface area contributed by atoms with Gasteiger partial charge >= 0.3 is 5.97 Å². The SMILES string of the molecule is Cc1cccn(CC(C)(C)C(=O)NC(CC(N)=O)C(=O)O)c1=O. The van der Waals surface area contributed by atoms with E-state index in [9.17, 15) is 19.2 Å². The Labute approximate surface area is 133 Å². The number of nitrogens with two attached hydrogens (primary N) is 1. The van der Waals surface area contributed by atoms with Crippen molar-refractivity contribution in [3.63, 3.8) is 0 Å². The molecule has 126 valence electrons. The number of amides is 2. The van der Waals surface area contributed by atoms with Crippen molar-refractivity contribution in [2.45, 2.75) is 39.8 Å². The maximum atomic E-state index is 12.3. The predicted molar refractivity (Wildman–Crippen MR) is 82.6 cm³/mol. The summed E-state index contributed by atoms with van der Waals surface area (Å²) in [7, 11) is 0. The van der Waals surface area contributed by atoms with E-state index in [0.717, 1.165) is 0 Å². The summed E-state index contributed by atoms with van der Waals surface area (Å²) < 4.78 is 1.39.